The summed E-state index contributed by atoms with van der Waals surface area (Å²) < 4.78 is 0. The maximum absolute atomic E-state index is 6.26. The van der Waals surface area contributed by atoms with E-state index < -0.39 is 0 Å². The zero-order valence-corrected chi connectivity index (χ0v) is 13.5. The lowest BCUT2D eigenvalue weighted by Crippen LogP contribution is -2.59. The Balaban J connectivity index is 2.15. The average Bonchev–Trinajstić information content (AvgIpc) is 3.10. The highest BCUT2D eigenvalue weighted by molar-refractivity contribution is 5.07. The maximum Gasteiger partial charge on any atom is 0.0476 e. The van der Waals surface area contributed by atoms with Gasteiger partial charge in [0.25, 0.3) is 0 Å². The number of nitrogens with zero attached hydrogens (tertiary/aromatic N) is 2. The molecule has 2 aliphatic rings. The van der Waals surface area contributed by atoms with Crippen LogP contribution in [0.1, 0.15) is 53.9 Å². The van der Waals surface area contributed by atoms with E-state index in [4.69, 9.17) is 5.73 Å². The smallest absolute Gasteiger partial charge is 0.0476 e. The molecule has 0 aromatic rings. The van der Waals surface area contributed by atoms with Crippen molar-refractivity contribution < 1.29 is 0 Å². The summed E-state index contributed by atoms with van der Waals surface area (Å²) in [5, 5.41) is 0. The van der Waals surface area contributed by atoms with Crippen LogP contribution in [-0.2, 0) is 0 Å². The molecule has 2 rings (SSSR count). The normalized spacial score (nSPS) is 33.0. The summed E-state index contributed by atoms with van der Waals surface area (Å²) >= 11 is 0. The topological polar surface area (TPSA) is 32.5 Å². The van der Waals surface area contributed by atoms with E-state index in [1.165, 1.54) is 32.4 Å². The van der Waals surface area contributed by atoms with Gasteiger partial charge in [0, 0.05) is 43.3 Å². The molecule has 19 heavy (non-hydrogen) atoms. The largest absolute Gasteiger partial charge is 0.329 e. The average molecular weight is 267 g/mol. The van der Waals surface area contributed by atoms with E-state index in [1.54, 1.807) is 0 Å². The molecule has 2 unspecified atom stereocenters. The highest BCUT2D eigenvalue weighted by Gasteiger charge is 2.49. The summed E-state index contributed by atoms with van der Waals surface area (Å²) in [6.45, 7) is 14.8. The molecule has 0 spiro atoms. The Hall–Kier alpha value is -0.120. The summed E-state index contributed by atoms with van der Waals surface area (Å²) in [6.07, 6.45) is 4.04. The van der Waals surface area contributed by atoms with Crippen molar-refractivity contribution >= 4 is 0 Å². The highest BCUT2D eigenvalue weighted by Crippen LogP contribution is 2.40. The first kappa shape index (κ1) is 15.3. The van der Waals surface area contributed by atoms with Crippen LogP contribution in [0.2, 0.25) is 0 Å². The molecule has 1 aliphatic heterocycles. The lowest BCUT2D eigenvalue weighted by molar-refractivity contribution is 0.0540. The Kier molecular flexibility index (Phi) is 4.59. The maximum atomic E-state index is 6.26. The van der Waals surface area contributed by atoms with Crippen LogP contribution in [0.3, 0.4) is 0 Å². The Morgan fingerprint density at radius 3 is 2.32 bits per heavy atom. The van der Waals surface area contributed by atoms with Gasteiger partial charge < -0.3 is 5.73 Å². The predicted octanol–water partition coefficient (Wildman–Crippen LogP) is 2.31. The van der Waals surface area contributed by atoms with Crippen LogP contribution in [-0.4, -0.2) is 53.1 Å². The minimum atomic E-state index is 0.209. The van der Waals surface area contributed by atoms with Gasteiger partial charge in [0.2, 0.25) is 0 Å². The zero-order chi connectivity index (χ0) is 14.2. The standard InChI is InChI=1S/C16H33N3/c1-12(2)9-19(13(3)4)16(10-17)8-14(5)18(11-16)15-6-7-15/h12-15H,6-11,17H2,1-5H3. The molecule has 0 amide bonds. The Morgan fingerprint density at radius 1 is 1.26 bits per heavy atom. The van der Waals surface area contributed by atoms with Crippen molar-refractivity contribution in [3.8, 4) is 0 Å². The van der Waals surface area contributed by atoms with Gasteiger partial charge in [-0.1, -0.05) is 13.8 Å². The van der Waals surface area contributed by atoms with E-state index in [9.17, 15) is 0 Å². The zero-order valence-electron chi connectivity index (χ0n) is 13.5. The first-order valence-corrected chi connectivity index (χ1v) is 8.12. The molecule has 3 heteroatoms. The van der Waals surface area contributed by atoms with Crippen molar-refractivity contribution in [3.05, 3.63) is 0 Å². The Morgan fingerprint density at radius 2 is 1.89 bits per heavy atom. The van der Waals surface area contributed by atoms with Crippen LogP contribution in [0.5, 0.6) is 0 Å². The lowest BCUT2D eigenvalue weighted by Gasteiger charge is -2.44. The molecule has 1 aliphatic carbocycles. The molecule has 0 aromatic heterocycles. The summed E-state index contributed by atoms with van der Waals surface area (Å²) in [5.41, 5.74) is 6.47. The van der Waals surface area contributed by atoms with Gasteiger partial charge in [0.1, 0.15) is 0 Å². The SMILES string of the molecule is CC(C)CN(C(C)C)C1(CN)CC(C)N(C2CC2)C1. The van der Waals surface area contributed by atoms with E-state index in [1.807, 2.05) is 0 Å². The molecular formula is C16H33N3. The molecular weight excluding hydrogens is 234 g/mol. The van der Waals surface area contributed by atoms with Crippen LogP contribution in [0.25, 0.3) is 0 Å². The van der Waals surface area contributed by atoms with Crippen LogP contribution < -0.4 is 5.73 Å². The van der Waals surface area contributed by atoms with Gasteiger partial charge in [-0.15, -0.1) is 0 Å². The van der Waals surface area contributed by atoms with Gasteiger partial charge >= 0.3 is 0 Å². The molecule has 0 aromatic carbocycles. The Labute approximate surface area is 119 Å². The van der Waals surface area contributed by atoms with Gasteiger partial charge in [-0.2, -0.15) is 0 Å². The quantitative estimate of drug-likeness (QED) is 0.801. The monoisotopic (exact) mass is 267 g/mol. The first-order valence-electron chi connectivity index (χ1n) is 8.12. The fraction of sp³-hybridized carbons (Fsp3) is 1.00. The van der Waals surface area contributed by atoms with Gasteiger partial charge in [-0.05, 0) is 46.0 Å². The minimum Gasteiger partial charge on any atom is -0.329 e. The first-order chi connectivity index (χ1) is 8.89. The van der Waals surface area contributed by atoms with Gasteiger partial charge in [0.05, 0.1) is 0 Å². The summed E-state index contributed by atoms with van der Waals surface area (Å²) in [5.74, 6) is 0.705. The van der Waals surface area contributed by atoms with Crippen molar-refractivity contribution in [2.75, 3.05) is 19.6 Å². The van der Waals surface area contributed by atoms with Crippen molar-refractivity contribution in [3.63, 3.8) is 0 Å². The van der Waals surface area contributed by atoms with Crippen LogP contribution >= 0.6 is 0 Å². The second-order valence-corrected chi connectivity index (χ2v) is 7.53. The molecule has 2 fully saturated rings. The van der Waals surface area contributed by atoms with Gasteiger partial charge in [0.15, 0.2) is 0 Å². The van der Waals surface area contributed by atoms with E-state index in [0.717, 1.165) is 12.6 Å². The van der Waals surface area contributed by atoms with Crippen LogP contribution in [0.15, 0.2) is 0 Å². The Bertz CT molecular complexity index is 298. The summed E-state index contributed by atoms with van der Waals surface area (Å²) in [4.78, 5) is 5.42. The molecule has 0 bridgehead atoms. The second-order valence-electron chi connectivity index (χ2n) is 7.53. The van der Waals surface area contributed by atoms with E-state index >= 15 is 0 Å². The number of hydrogen-bond acceptors (Lipinski definition) is 3. The number of likely N-dealkylation sites (tertiary alicyclic amines) is 1. The molecule has 3 nitrogen and oxygen atoms in total. The van der Waals surface area contributed by atoms with Crippen molar-refractivity contribution in [1.29, 1.82) is 0 Å². The van der Waals surface area contributed by atoms with Crippen molar-refractivity contribution in [2.24, 2.45) is 11.7 Å². The fourth-order valence-electron chi connectivity index (χ4n) is 3.94. The minimum absolute atomic E-state index is 0.209. The predicted molar refractivity (Wildman–Crippen MR) is 82.3 cm³/mol. The van der Waals surface area contributed by atoms with Gasteiger partial charge in [-0.3, -0.25) is 9.80 Å². The van der Waals surface area contributed by atoms with E-state index in [-0.39, 0.29) is 5.54 Å². The van der Waals surface area contributed by atoms with Crippen LogP contribution in [0.4, 0.5) is 0 Å². The highest BCUT2D eigenvalue weighted by atomic mass is 15.3. The molecule has 1 saturated carbocycles. The van der Waals surface area contributed by atoms with Crippen molar-refractivity contribution in [1.82, 2.24) is 9.80 Å². The molecule has 2 atom stereocenters. The fourth-order valence-corrected chi connectivity index (χ4v) is 3.94. The van der Waals surface area contributed by atoms with Crippen LogP contribution in [0, 0.1) is 5.92 Å². The van der Waals surface area contributed by atoms with E-state index in [2.05, 4.69) is 44.4 Å². The van der Waals surface area contributed by atoms with E-state index in [0.29, 0.717) is 18.0 Å². The molecule has 1 saturated heterocycles. The third-order valence-corrected chi connectivity index (χ3v) is 4.91. The molecule has 0 radical (unpaired) electrons. The van der Waals surface area contributed by atoms with Crippen molar-refractivity contribution in [2.45, 2.75) is 77.5 Å². The number of nitrogens with two attached hydrogens (primary N) is 1. The molecule has 112 valence electrons. The summed E-state index contributed by atoms with van der Waals surface area (Å²) in [7, 11) is 0. The number of rotatable bonds is 6. The van der Waals surface area contributed by atoms with Gasteiger partial charge in [-0.25, -0.2) is 0 Å². The molecule has 2 N–H and O–H groups in total. The number of hydrogen-bond donors (Lipinski definition) is 1. The third kappa shape index (κ3) is 3.14. The molecule has 1 heterocycles. The third-order valence-electron chi connectivity index (χ3n) is 4.91. The summed E-state index contributed by atoms with van der Waals surface area (Å²) in [6, 6.07) is 2.14. The lowest BCUT2D eigenvalue weighted by atomic mass is 9.91. The second kappa shape index (κ2) is 5.71.